The van der Waals surface area contributed by atoms with Crippen molar-refractivity contribution >= 4 is 0 Å². The molecular formula is C12H12N2O. The second-order valence-corrected chi connectivity index (χ2v) is 3.51. The van der Waals surface area contributed by atoms with Crippen LogP contribution in [0.3, 0.4) is 0 Å². The summed E-state index contributed by atoms with van der Waals surface area (Å²) >= 11 is 0. The Balaban J connectivity index is 2.70. The Kier molecular flexibility index (Phi) is 2.37. The van der Waals surface area contributed by atoms with Gasteiger partial charge in [-0.1, -0.05) is 18.2 Å². The molecule has 0 radical (unpaired) electrons. The lowest BCUT2D eigenvalue weighted by Gasteiger charge is -2.06. The van der Waals surface area contributed by atoms with Crippen LogP contribution in [0.4, 0.5) is 0 Å². The van der Waals surface area contributed by atoms with Crippen molar-refractivity contribution < 1.29 is 0 Å². The number of hydrogen-bond acceptors (Lipinski definition) is 2. The molecule has 1 N–H and O–H groups in total. The molecule has 1 aromatic heterocycles. The Bertz CT molecular complexity index is 543. The summed E-state index contributed by atoms with van der Waals surface area (Å²) in [6.07, 6.45) is 3.13. The lowest BCUT2D eigenvalue weighted by Crippen LogP contribution is -2.10. The number of H-pyrrole nitrogens is 1. The fourth-order valence-corrected chi connectivity index (χ4v) is 1.55. The molecule has 0 bridgehead atoms. The Labute approximate surface area is 87.8 Å². The first kappa shape index (κ1) is 9.65. The fourth-order valence-electron chi connectivity index (χ4n) is 1.55. The molecule has 0 saturated heterocycles. The van der Waals surface area contributed by atoms with E-state index in [9.17, 15) is 4.79 Å². The van der Waals surface area contributed by atoms with Crippen molar-refractivity contribution in [2.75, 3.05) is 0 Å². The lowest BCUT2D eigenvalue weighted by molar-refractivity contribution is 1.14. The van der Waals surface area contributed by atoms with Crippen LogP contribution in [0, 0.1) is 13.8 Å². The molecule has 0 fully saturated rings. The van der Waals surface area contributed by atoms with Gasteiger partial charge in [-0.3, -0.25) is 4.79 Å². The third kappa shape index (κ3) is 1.68. The van der Waals surface area contributed by atoms with Gasteiger partial charge in [-0.15, -0.1) is 0 Å². The van der Waals surface area contributed by atoms with Gasteiger partial charge >= 0.3 is 0 Å². The predicted octanol–water partition coefficient (Wildman–Crippen LogP) is 2.05. The van der Waals surface area contributed by atoms with E-state index in [4.69, 9.17) is 0 Å². The van der Waals surface area contributed by atoms with Gasteiger partial charge in [0.15, 0.2) is 0 Å². The average Bonchev–Trinajstić information content (AvgIpc) is 2.23. The maximum Gasteiger partial charge on any atom is 0.274 e. The molecule has 2 aromatic rings. The van der Waals surface area contributed by atoms with Gasteiger partial charge in [0, 0.05) is 18.0 Å². The van der Waals surface area contributed by atoms with Crippen LogP contribution in [-0.4, -0.2) is 9.97 Å². The standard InChI is InChI=1S/C12H12N2O/c1-8-4-3-5-10(9(8)2)11-12(15)14-7-6-13-11/h3-7H,1-2H3,(H,14,15). The Morgan fingerprint density at radius 3 is 2.80 bits per heavy atom. The minimum atomic E-state index is -0.147. The van der Waals surface area contributed by atoms with Crippen molar-refractivity contribution in [1.82, 2.24) is 9.97 Å². The van der Waals surface area contributed by atoms with Gasteiger partial charge in [0.2, 0.25) is 0 Å². The Morgan fingerprint density at radius 2 is 2.07 bits per heavy atom. The van der Waals surface area contributed by atoms with Crippen LogP contribution in [0.15, 0.2) is 35.4 Å². The fraction of sp³-hybridized carbons (Fsp3) is 0.167. The summed E-state index contributed by atoms with van der Waals surface area (Å²) < 4.78 is 0. The molecule has 0 saturated carbocycles. The minimum absolute atomic E-state index is 0.147. The highest BCUT2D eigenvalue weighted by Crippen LogP contribution is 2.20. The molecule has 2 rings (SSSR count). The predicted molar refractivity (Wildman–Crippen MR) is 59.8 cm³/mol. The molecule has 0 aliphatic rings. The van der Waals surface area contributed by atoms with E-state index >= 15 is 0 Å². The topological polar surface area (TPSA) is 45.8 Å². The van der Waals surface area contributed by atoms with Gasteiger partial charge in [0.25, 0.3) is 5.56 Å². The highest BCUT2D eigenvalue weighted by atomic mass is 16.1. The normalized spacial score (nSPS) is 10.3. The molecular weight excluding hydrogens is 188 g/mol. The summed E-state index contributed by atoms with van der Waals surface area (Å²) in [4.78, 5) is 18.3. The first-order valence-corrected chi connectivity index (χ1v) is 4.80. The first-order valence-electron chi connectivity index (χ1n) is 4.80. The molecule has 0 aliphatic heterocycles. The smallest absolute Gasteiger partial charge is 0.274 e. The molecule has 0 aliphatic carbocycles. The van der Waals surface area contributed by atoms with Crippen molar-refractivity contribution in [3.05, 3.63) is 52.1 Å². The van der Waals surface area contributed by atoms with Crippen LogP contribution in [0.1, 0.15) is 11.1 Å². The highest BCUT2D eigenvalue weighted by Gasteiger charge is 2.07. The largest absolute Gasteiger partial charge is 0.326 e. The quantitative estimate of drug-likeness (QED) is 0.765. The van der Waals surface area contributed by atoms with E-state index in [1.54, 1.807) is 6.20 Å². The van der Waals surface area contributed by atoms with E-state index in [2.05, 4.69) is 9.97 Å². The van der Waals surface area contributed by atoms with Crippen LogP contribution in [0.25, 0.3) is 11.3 Å². The molecule has 76 valence electrons. The lowest BCUT2D eigenvalue weighted by atomic mass is 10.0. The molecule has 15 heavy (non-hydrogen) atoms. The second-order valence-electron chi connectivity index (χ2n) is 3.51. The van der Waals surface area contributed by atoms with E-state index in [1.807, 2.05) is 32.0 Å². The summed E-state index contributed by atoms with van der Waals surface area (Å²) in [6.45, 7) is 4.02. The molecule has 0 atom stereocenters. The molecule has 3 heteroatoms. The van der Waals surface area contributed by atoms with E-state index in [0.29, 0.717) is 5.69 Å². The zero-order valence-electron chi connectivity index (χ0n) is 8.74. The van der Waals surface area contributed by atoms with Crippen LogP contribution in [-0.2, 0) is 0 Å². The molecule has 1 heterocycles. The van der Waals surface area contributed by atoms with Gasteiger partial charge in [0.1, 0.15) is 5.69 Å². The Hall–Kier alpha value is -1.90. The monoisotopic (exact) mass is 200 g/mol. The van der Waals surface area contributed by atoms with E-state index in [0.717, 1.165) is 16.7 Å². The Morgan fingerprint density at radius 1 is 1.27 bits per heavy atom. The third-order valence-electron chi connectivity index (χ3n) is 2.57. The second kappa shape index (κ2) is 3.69. The minimum Gasteiger partial charge on any atom is -0.326 e. The zero-order chi connectivity index (χ0) is 10.8. The van der Waals surface area contributed by atoms with Crippen molar-refractivity contribution in [3.8, 4) is 11.3 Å². The van der Waals surface area contributed by atoms with Crippen molar-refractivity contribution in [1.29, 1.82) is 0 Å². The first-order chi connectivity index (χ1) is 7.20. The van der Waals surface area contributed by atoms with Crippen LogP contribution in [0.5, 0.6) is 0 Å². The maximum absolute atomic E-state index is 11.6. The van der Waals surface area contributed by atoms with E-state index in [1.165, 1.54) is 6.20 Å². The zero-order valence-corrected chi connectivity index (χ0v) is 8.74. The highest BCUT2D eigenvalue weighted by molar-refractivity contribution is 5.63. The van der Waals surface area contributed by atoms with Crippen LogP contribution in [0.2, 0.25) is 0 Å². The number of nitrogens with zero attached hydrogens (tertiary/aromatic N) is 1. The SMILES string of the molecule is Cc1cccc(-c2ncc[nH]c2=O)c1C. The summed E-state index contributed by atoms with van der Waals surface area (Å²) in [6, 6.07) is 5.88. The summed E-state index contributed by atoms with van der Waals surface area (Å²) in [5, 5.41) is 0. The van der Waals surface area contributed by atoms with Crippen molar-refractivity contribution in [3.63, 3.8) is 0 Å². The molecule has 3 nitrogen and oxygen atoms in total. The number of benzene rings is 1. The number of nitrogens with one attached hydrogen (secondary N) is 1. The number of hydrogen-bond donors (Lipinski definition) is 1. The summed E-state index contributed by atoms with van der Waals surface area (Å²) in [5.74, 6) is 0. The summed E-state index contributed by atoms with van der Waals surface area (Å²) in [5.41, 5.74) is 3.50. The number of rotatable bonds is 1. The molecule has 1 aromatic carbocycles. The number of aryl methyl sites for hydroxylation is 1. The van der Waals surface area contributed by atoms with E-state index in [-0.39, 0.29) is 5.56 Å². The van der Waals surface area contributed by atoms with Gasteiger partial charge in [-0.25, -0.2) is 4.98 Å². The van der Waals surface area contributed by atoms with Gasteiger partial charge < -0.3 is 4.98 Å². The average molecular weight is 200 g/mol. The van der Waals surface area contributed by atoms with Crippen molar-refractivity contribution in [2.45, 2.75) is 13.8 Å². The number of aromatic nitrogens is 2. The van der Waals surface area contributed by atoms with Crippen LogP contribution < -0.4 is 5.56 Å². The third-order valence-corrected chi connectivity index (χ3v) is 2.57. The van der Waals surface area contributed by atoms with Gasteiger partial charge in [-0.2, -0.15) is 0 Å². The molecule has 0 spiro atoms. The number of aromatic amines is 1. The maximum atomic E-state index is 11.6. The summed E-state index contributed by atoms with van der Waals surface area (Å²) in [7, 11) is 0. The van der Waals surface area contributed by atoms with Gasteiger partial charge in [0.05, 0.1) is 0 Å². The van der Waals surface area contributed by atoms with E-state index < -0.39 is 0 Å². The molecule has 0 amide bonds. The van der Waals surface area contributed by atoms with Crippen LogP contribution >= 0.6 is 0 Å². The molecule has 0 unspecified atom stereocenters. The van der Waals surface area contributed by atoms with Crippen molar-refractivity contribution in [2.24, 2.45) is 0 Å². The van der Waals surface area contributed by atoms with Gasteiger partial charge in [-0.05, 0) is 25.0 Å².